The van der Waals surface area contributed by atoms with Gasteiger partial charge in [0.25, 0.3) is 5.91 Å². The Kier molecular flexibility index (Phi) is 4.12. The number of anilines is 1. The quantitative estimate of drug-likeness (QED) is 0.794. The number of amides is 2. The number of aryl methyl sites for hydroxylation is 1. The van der Waals surface area contributed by atoms with Gasteiger partial charge in [-0.2, -0.15) is 0 Å². The van der Waals surface area contributed by atoms with E-state index in [-0.39, 0.29) is 11.9 Å². The fourth-order valence-electron chi connectivity index (χ4n) is 2.33. The molecule has 1 saturated heterocycles. The molecule has 2 rings (SSSR count). The van der Waals surface area contributed by atoms with E-state index in [0.717, 1.165) is 12.0 Å². The van der Waals surface area contributed by atoms with Crippen LogP contribution in [0.5, 0.6) is 0 Å². The monoisotopic (exact) mass is 277 g/mol. The molecule has 1 aliphatic heterocycles. The molecule has 1 aliphatic rings. The smallest absolute Gasteiger partial charge is 0.407 e. The minimum atomic E-state index is -0.468. The molecule has 20 heavy (non-hydrogen) atoms. The highest BCUT2D eigenvalue weighted by Crippen LogP contribution is 2.18. The first-order valence-electron chi connectivity index (χ1n) is 6.51. The molecule has 6 heteroatoms. The highest BCUT2D eigenvalue weighted by Gasteiger charge is 2.28. The summed E-state index contributed by atoms with van der Waals surface area (Å²) in [6.07, 6.45) is 0.256. The SMILES string of the molecule is COC(=O)NC1CCN(C(=O)c2cc(N)ccc2C)C1. The molecule has 108 valence electrons. The molecular formula is C14H19N3O3. The average Bonchev–Trinajstić information content (AvgIpc) is 2.89. The largest absolute Gasteiger partial charge is 0.453 e. The van der Waals surface area contributed by atoms with E-state index >= 15 is 0 Å². The van der Waals surface area contributed by atoms with Crippen molar-refractivity contribution in [2.45, 2.75) is 19.4 Å². The number of nitrogen functional groups attached to an aromatic ring is 1. The summed E-state index contributed by atoms with van der Waals surface area (Å²) in [5, 5.41) is 2.71. The highest BCUT2D eigenvalue weighted by molar-refractivity contribution is 5.96. The molecule has 0 aromatic heterocycles. The second-order valence-electron chi connectivity index (χ2n) is 4.95. The summed E-state index contributed by atoms with van der Waals surface area (Å²) in [5.74, 6) is -0.0519. The second-order valence-corrected chi connectivity index (χ2v) is 4.95. The number of ether oxygens (including phenoxy) is 1. The lowest BCUT2D eigenvalue weighted by molar-refractivity contribution is 0.0787. The number of nitrogens with one attached hydrogen (secondary N) is 1. The number of likely N-dealkylation sites (tertiary alicyclic amines) is 1. The van der Waals surface area contributed by atoms with Crippen LogP contribution in [-0.2, 0) is 4.74 Å². The molecule has 2 amide bonds. The fourth-order valence-corrected chi connectivity index (χ4v) is 2.33. The molecule has 1 unspecified atom stereocenters. The van der Waals surface area contributed by atoms with Gasteiger partial charge < -0.3 is 20.7 Å². The maximum absolute atomic E-state index is 12.4. The van der Waals surface area contributed by atoms with Crippen LogP contribution in [0.15, 0.2) is 18.2 Å². The third-order valence-corrected chi connectivity index (χ3v) is 3.47. The number of hydrogen-bond donors (Lipinski definition) is 2. The second kappa shape index (κ2) is 5.81. The average molecular weight is 277 g/mol. The first-order valence-corrected chi connectivity index (χ1v) is 6.51. The van der Waals surface area contributed by atoms with Gasteiger partial charge in [-0.05, 0) is 31.0 Å². The molecule has 0 saturated carbocycles. The fraction of sp³-hybridized carbons (Fsp3) is 0.429. The summed E-state index contributed by atoms with van der Waals surface area (Å²) in [7, 11) is 1.32. The van der Waals surface area contributed by atoms with E-state index in [1.165, 1.54) is 7.11 Å². The van der Waals surface area contributed by atoms with Gasteiger partial charge in [-0.3, -0.25) is 4.79 Å². The summed E-state index contributed by atoms with van der Waals surface area (Å²) in [4.78, 5) is 25.3. The Morgan fingerprint density at radius 2 is 2.20 bits per heavy atom. The van der Waals surface area contributed by atoms with Crippen molar-refractivity contribution in [3.8, 4) is 0 Å². The number of hydrogen-bond acceptors (Lipinski definition) is 4. The van der Waals surface area contributed by atoms with Gasteiger partial charge >= 0.3 is 6.09 Å². The molecule has 0 spiro atoms. The highest BCUT2D eigenvalue weighted by atomic mass is 16.5. The van der Waals surface area contributed by atoms with Gasteiger partial charge in [0.05, 0.1) is 13.2 Å². The van der Waals surface area contributed by atoms with Crippen molar-refractivity contribution in [3.63, 3.8) is 0 Å². The van der Waals surface area contributed by atoms with Crippen LogP contribution in [0.1, 0.15) is 22.3 Å². The normalized spacial score (nSPS) is 17.9. The molecular weight excluding hydrogens is 258 g/mol. The minimum Gasteiger partial charge on any atom is -0.453 e. The van der Waals surface area contributed by atoms with Gasteiger partial charge in [0.2, 0.25) is 0 Å². The molecule has 1 aromatic carbocycles. The number of nitrogens with two attached hydrogens (primary N) is 1. The summed E-state index contributed by atoms with van der Waals surface area (Å²) in [6.45, 7) is 2.98. The van der Waals surface area contributed by atoms with Gasteiger partial charge in [0.15, 0.2) is 0 Å². The first-order chi connectivity index (χ1) is 9.51. The van der Waals surface area contributed by atoms with E-state index in [9.17, 15) is 9.59 Å². The Morgan fingerprint density at radius 1 is 1.45 bits per heavy atom. The molecule has 1 aromatic rings. The van der Waals surface area contributed by atoms with Crippen LogP contribution < -0.4 is 11.1 Å². The third kappa shape index (κ3) is 3.01. The van der Waals surface area contributed by atoms with Gasteiger partial charge in [-0.1, -0.05) is 6.07 Å². The standard InChI is InChI=1S/C14H19N3O3/c1-9-3-4-10(15)7-12(9)13(18)17-6-5-11(8-17)16-14(19)20-2/h3-4,7,11H,5-6,8,15H2,1-2H3,(H,16,19). The van der Waals surface area contributed by atoms with Crippen LogP contribution in [0.2, 0.25) is 0 Å². The number of benzene rings is 1. The summed E-state index contributed by atoms with van der Waals surface area (Å²) >= 11 is 0. The van der Waals surface area contributed by atoms with Crippen LogP contribution in [-0.4, -0.2) is 43.1 Å². The molecule has 1 fully saturated rings. The predicted octanol–water partition coefficient (Wildman–Crippen LogP) is 1.15. The Labute approximate surface area is 117 Å². The van der Waals surface area contributed by atoms with Crippen molar-refractivity contribution in [1.29, 1.82) is 0 Å². The maximum Gasteiger partial charge on any atom is 0.407 e. The van der Waals surface area contributed by atoms with Crippen LogP contribution in [0, 0.1) is 6.92 Å². The minimum absolute atomic E-state index is 0.0519. The number of nitrogens with zero attached hydrogens (tertiary/aromatic N) is 1. The summed E-state index contributed by atoms with van der Waals surface area (Å²) in [6, 6.07) is 5.24. The van der Waals surface area contributed by atoms with Crippen LogP contribution in [0.3, 0.4) is 0 Å². The lowest BCUT2D eigenvalue weighted by Crippen LogP contribution is -2.38. The molecule has 0 radical (unpaired) electrons. The van der Waals surface area contributed by atoms with E-state index < -0.39 is 6.09 Å². The Hall–Kier alpha value is -2.24. The van der Waals surface area contributed by atoms with Crippen molar-refractivity contribution < 1.29 is 14.3 Å². The Balaban J connectivity index is 2.04. The number of methoxy groups -OCH3 is 1. The molecule has 1 heterocycles. The van der Waals surface area contributed by atoms with Crippen molar-refractivity contribution in [2.75, 3.05) is 25.9 Å². The predicted molar refractivity (Wildman–Crippen MR) is 75.4 cm³/mol. The van der Waals surface area contributed by atoms with E-state index in [0.29, 0.717) is 24.3 Å². The Morgan fingerprint density at radius 3 is 2.90 bits per heavy atom. The molecule has 3 N–H and O–H groups in total. The van der Waals surface area contributed by atoms with Crippen molar-refractivity contribution in [1.82, 2.24) is 10.2 Å². The van der Waals surface area contributed by atoms with Crippen molar-refractivity contribution in [3.05, 3.63) is 29.3 Å². The van der Waals surface area contributed by atoms with Crippen LogP contribution >= 0.6 is 0 Å². The number of carbonyl (C=O) groups is 2. The Bertz CT molecular complexity index is 530. The zero-order valence-corrected chi connectivity index (χ0v) is 11.7. The van der Waals surface area contributed by atoms with Crippen LogP contribution in [0.4, 0.5) is 10.5 Å². The lowest BCUT2D eigenvalue weighted by Gasteiger charge is -2.18. The number of carbonyl (C=O) groups excluding carboxylic acids is 2. The number of rotatable bonds is 2. The van der Waals surface area contributed by atoms with Gasteiger partial charge in [0.1, 0.15) is 0 Å². The zero-order valence-electron chi connectivity index (χ0n) is 11.7. The summed E-state index contributed by atoms with van der Waals surface area (Å²) < 4.78 is 4.56. The van der Waals surface area contributed by atoms with Crippen molar-refractivity contribution in [2.24, 2.45) is 0 Å². The maximum atomic E-state index is 12.4. The topological polar surface area (TPSA) is 84.7 Å². The zero-order chi connectivity index (χ0) is 14.7. The molecule has 0 bridgehead atoms. The molecule has 6 nitrogen and oxygen atoms in total. The third-order valence-electron chi connectivity index (χ3n) is 3.47. The van der Waals surface area contributed by atoms with E-state index in [2.05, 4.69) is 10.1 Å². The number of alkyl carbamates (subject to hydrolysis) is 1. The van der Waals surface area contributed by atoms with E-state index in [4.69, 9.17) is 5.73 Å². The van der Waals surface area contributed by atoms with Gasteiger partial charge in [0, 0.05) is 24.3 Å². The lowest BCUT2D eigenvalue weighted by atomic mass is 10.1. The van der Waals surface area contributed by atoms with Crippen molar-refractivity contribution >= 4 is 17.7 Å². The molecule has 1 atom stereocenters. The van der Waals surface area contributed by atoms with E-state index in [1.54, 1.807) is 17.0 Å². The molecule has 0 aliphatic carbocycles. The van der Waals surface area contributed by atoms with E-state index in [1.807, 2.05) is 13.0 Å². The summed E-state index contributed by atoms with van der Waals surface area (Å²) in [5.41, 5.74) is 7.81. The first kappa shape index (κ1) is 14.2. The van der Waals surface area contributed by atoms with Crippen LogP contribution in [0.25, 0.3) is 0 Å². The van der Waals surface area contributed by atoms with Gasteiger partial charge in [-0.25, -0.2) is 4.79 Å². The van der Waals surface area contributed by atoms with Gasteiger partial charge in [-0.15, -0.1) is 0 Å².